The van der Waals surface area contributed by atoms with Crippen LogP contribution in [0.25, 0.3) is 5.65 Å². The Balaban J connectivity index is 1.73. The minimum absolute atomic E-state index is 0.122. The van der Waals surface area contributed by atoms with Gasteiger partial charge in [0, 0.05) is 36.5 Å². The highest BCUT2D eigenvalue weighted by atomic mass is 16.5. The normalized spacial score (nSPS) is 16.8. The number of carbonyl (C=O) groups is 1. The van der Waals surface area contributed by atoms with Crippen LogP contribution in [0.3, 0.4) is 0 Å². The van der Waals surface area contributed by atoms with Crippen molar-refractivity contribution in [2.24, 2.45) is 5.92 Å². The van der Waals surface area contributed by atoms with E-state index in [1.165, 1.54) is 0 Å². The molecule has 0 radical (unpaired) electrons. The zero-order valence-corrected chi connectivity index (χ0v) is 18.5. The number of aryl methyl sites for hydroxylation is 1. The van der Waals surface area contributed by atoms with Gasteiger partial charge >= 0.3 is 5.97 Å². The number of ether oxygens (including phenoxy) is 1. The molecule has 3 heterocycles. The summed E-state index contributed by atoms with van der Waals surface area (Å²) in [7, 11) is 0. The lowest BCUT2D eigenvalue weighted by atomic mass is 10.1. The van der Waals surface area contributed by atoms with Gasteiger partial charge in [-0.05, 0) is 51.0 Å². The molecular weight excluding hydrogens is 408 g/mol. The van der Waals surface area contributed by atoms with Gasteiger partial charge in [-0.3, -0.25) is 9.20 Å². The SMILES string of the molecule is Cc1cc([C@@H](C)Nc2ccccc2C(=O)O)c2nc(NC[C@H]3CCOC3)c(C)c(=O)n2c1. The molecule has 0 amide bonds. The Morgan fingerprint density at radius 1 is 1.34 bits per heavy atom. The largest absolute Gasteiger partial charge is 0.478 e. The molecule has 2 atom stereocenters. The molecule has 4 rings (SSSR count). The van der Waals surface area contributed by atoms with Gasteiger partial charge in [0.15, 0.2) is 0 Å². The van der Waals surface area contributed by atoms with Gasteiger partial charge < -0.3 is 20.5 Å². The number of nitrogens with zero attached hydrogens (tertiary/aromatic N) is 2. The number of para-hydroxylation sites is 1. The number of pyridine rings is 1. The van der Waals surface area contributed by atoms with E-state index in [0.29, 0.717) is 41.8 Å². The summed E-state index contributed by atoms with van der Waals surface area (Å²) in [6.45, 7) is 7.82. The van der Waals surface area contributed by atoms with Crippen LogP contribution in [0.1, 0.15) is 46.4 Å². The molecular formula is C24H28N4O4. The summed E-state index contributed by atoms with van der Waals surface area (Å²) in [5, 5.41) is 16.1. The molecule has 3 N–H and O–H groups in total. The second kappa shape index (κ2) is 9.00. The molecule has 168 valence electrons. The van der Waals surface area contributed by atoms with Crippen molar-refractivity contribution in [3.63, 3.8) is 0 Å². The number of aromatic carboxylic acids is 1. The van der Waals surface area contributed by atoms with Gasteiger partial charge in [0.2, 0.25) is 0 Å². The third-order valence-corrected chi connectivity index (χ3v) is 5.89. The van der Waals surface area contributed by atoms with Crippen LogP contribution in [0.4, 0.5) is 11.5 Å². The fraction of sp³-hybridized carbons (Fsp3) is 0.375. The molecule has 0 aliphatic carbocycles. The quantitative estimate of drug-likeness (QED) is 0.519. The maximum Gasteiger partial charge on any atom is 0.337 e. The topological polar surface area (TPSA) is 105 Å². The van der Waals surface area contributed by atoms with Gasteiger partial charge in [0.05, 0.1) is 23.8 Å². The summed E-state index contributed by atoms with van der Waals surface area (Å²) in [6, 6.07) is 8.48. The van der Waals surface area contributed by atoms with E-state index in [1.54, 1.807) is 41.8 Å². The molecule has 1 fully saturated rings. The minimum atomic E-state index is -0.998. The van der Waals surface area contributed by atoms with Crippen molar-refractivity contribution >= 4 is 23.1 Å². The Kier molecular flexibility index (Phi) is 6.14. The summed E-state index contributed by atoms with van der Waals surface area (Å²) in [6.07, 6.45) is 2.78. The third-order valence-electron chi connectivity index (χ3n) is 5.89. The van der Waals surface area contributed by atoms with Crippen molar-refractivity contribution in [1.82, 2.24) is 9.38 Å². The van der Waals surface area contributed by atoms with Crippen LogP contribution in [-0.2, 0) is 4.74 Å². The number of rotatable bonds is 7. The van der Waals surface area contributed by atoms with Crippen LogP contribution in [-0.4, -0.2) is 40.2 Å². The number of carboxylic acids is 1. The number of benzene rings is 1. The molecule has 1 aliphatic heterocycles. The summed E-state index contributed by atoms with van der Waals surface area (Å²) < 4.78 is 7.01. The molecule has 2 aromatic heterocycles. The van der Waals surface area contributed by atoms with Gasteiger partial charge in [0.1, 0.15) is 11.5 Å². The molecule has 0 unspecified atom stereocenters. The van der Waals surface area contributed by atoms with Crippen molar-refractivity contribution in [2.45, 2.75) is 33.2 Å². The number of hydrogen-bond acceptors (Lipinski definition) is 6. The van der Waals surface area contributed by atoms with E-state index in [-0.39, 0.29) is 17.2 Å². The lowest BCUT2D eigenvalue weighted by molar-refractivity contribution is 0.0698. The van der Waals surface area contributed by atoms with Crippen molar-refractivity contribution in [2.75, 3.05) is 30.4 Å². The second-order valence-corrected chi connectivity index (χ2v) is 8.38. The first-order valence-electron chi connectivity index (χ1n) is 10.8. The zero-order chi connectivity index (χ0) is 22.8. The highest BCUT2D eigenvalue weighted by Gasteiger charge is 2.20. The van der Waals surface area contributed by atoms with Gasteiger partial charge in [0.25, 0.3) is 5.56 Å². The maximum atomic E-state index is 13.1. The smallest absolute Gasteiger partial charge is 0.337 e. The third kappa shape index (κ3) is 4.31. The Hall–Kier alpha value is -3.39. The van der Waals surface area contributed by atoms with E-state index in [0.717, 1.165) is 24.2 Å². The number of aromatic nitrogens is 2. The van der Waals surface area contributed by atoms with Crippen LogP contribution in [0, 0.1) is 19.8 Å². The van der Waals surface area contributed by atoms with Crippen LogP contribution >= 0.6 is 0 Å². The first-order valence-corrected chi connectivity index (χ1v) is 10.8. The average Bonchev–Trinajstić information content (AvgIpc) is 3.29. The zero-order valence-electron chi connectivity index (χ0n) is 18.5. The fourth-order valence-electron chi connectivity index (χ4n) is 4.08. The lowest BCUT2D eigenvalue weighted by Gasteiger charge is -2.20. The van der Waals surface area contributed by atoms with E-state index < -0.39 is 5.97 Å². The van der Waals surface area contributed by atoms with Crippen LogP contribution < -0.4 is 16.2 Å². The number of anilines is 2. The van der Waals surface area contributed by atoms with Crippen molar-refractivity contribution in [1.29, 1.82) is 0 Å². The molecule has 0 saturated carbocycles. The Bertz CT molecular complexity index is 1210. The van der Waals surface area contributed by atoms with Crippen LogP contribution in [0.15, 0.2) is 41.3 Å². The number of carboxylic acid groups (broad SMARTS) is 1. The van der Waals surface area contributed by atoms with Crippen LogP contribution in [0.5, 0.6) is 0 Å². The molecule has 3 aromatic rings. The number of hydrogen-bond donors (Lipinski definition) is 3. The average molecular weight is 437 g/mol. The highest BCUT2D eigenvalue weighted by Crippen LogP contribution is 2.26. The van der Waals surface area contributed by atoms with Gasteiger partial charge in [-0.25, -0.2) is 9.78 Å². The van der Waals surface area contributed by atoms with Crippen molar-refractivity contribution in [3.8, 4) is 0 Å². The standard InChI is InChI=1S/C24H28N4O4/c1-14-10-19(16(3)26-20-7-5-4-6-18(20)24(30)31)22-27-21(15(2)23(29)28(22)12-14)25-11-17-8-9-32-13-17/h4-7,10,12,16-17,25-26H,8-9,11,13H2,1-3H3,(H,30,31)/t16-,17-/m1/s1. The molecule has 1 aromatic carbocycles. The predicted octanol–water partition coefficient (Wildman–Crippen LogP) is 3.63. The summed E-state index contributed by atoms with van der Waals surface area (Å²) in [5.41, 5.74) is 3.43. The Morgan fingerprint density at radius 2 is 2.12 bits per heavy atom. The molecule has 8 heteroatoms. The van der Waals surface area contributed by atoms with E-state index in [1.807, 2.05) is 19.9 Å². The lowest BCUT2D eigenvalue weighted by Crippen LogP contribution is -2.24. The van der Waals surface area contributed by atoms with Crippen molar-refractivity contribution < 1.29 is 14.6 Å². The van der Waals surface area contributed by atoms with Gasteiger partial charge in [-0.1, -0.05) is 12.1 Å². The van der Waals surface area contributed by atoms with E-state index in [9.17, 15) is 14.7 Å². The second-order valence-electron chi connectivity index (χ2n) is 8.38. The number of fused-ring (bicyclic) bond motifs is 1. The molecule has 32 heavy (non-hydrogen) atoms. The van der Waals surface area contributed by atoms with Crippen LogP contribution in [0.2, 0.25) is 0 Å². The monoisotopic (exact) mass is 436 g/mol. The Labute approximate surface area is 186 Å². The molecule has 1 aliphatic rings. The van der Waals surface area contributed by atoms with Gasteiger partial charge in [-0.15, -0.1) is 0 Å². The van der Waals surface area contributed by atoms with E-state index in [4.69, 9.17) is 9.72 Å². The molecule has 0 spiro atoms. The number of nitrogens with one attached hydrogen (secondary N) is 2. The molecule has 8 nitrogen and oxygen atoms in total. The fourth-order valence-corrected chi connectivity index (χ4v) is 4.08. The summed E-state index contributed by atoms with van der Waals surface area (Å²) in [5.74, 6) is -0.0212. The first-order chi connectivity index (χ1) is 15.3. The predicted molar refractivity (Wildman–Crippen MR) is 124 cm³/mol. The first kappa shape index (κ1) is 21.8. The summed E-state index contributed by atoms with van der Waals surface area (Å²) in [4.78, 5) is 29.5. The highest BCUT2D eigenvalue weighted by molar-refractivity contribution is 5.94. The van der Waals surface area contributed by atoms with E-state index >= 15 is 0 Å². The minimum Gasteiger partial charge on any atom is -0.478 e. The molecule has 0 bridgehead atoms. The maximum absolute atomic E-state index is 13.1. The Morgan fingerprint density at radius 3 is 2.84 bits per heavy atom. The van der Waals surface area contributed by atoms with E-state index in [2.05, 4.69) is 10.6 Å². The summed E-state index contributed by atoms with van der Waals surface area (Å²) >= 11 is 0. The van der Waals surface area contributed by atoms with Crippen molar-refractivity contribution in [3.05, 3.63) is 69.1 Å². The van der Waals surface area contributed by atoms with Gasteiger partial charge in [-0.2, -0.15) is 0 Å². The molecule has 1 saturated heterocycles.